The highest BCUT2D eigenvalue weighted by Gasteiger charge is 2.38. The fraction of sp³-hybridized carbons (Fsp3) is 0.350. The molecule has 0 saturated heterocycles. The summed E-state index contributed by atoms with van der Waals surface area (Å²) in [5.74, 6) is 2.99. The normalized spacial score (nSPS) is 23.6. The highest BCUT2D eigenvalue weighted by Crippen LogP contribution is 2.40. The number of nitrogens with zero attached hydrogens (tertiary/aromatic N) is 1. The van der Waals surface area contributed by atoms with Crippen molar-refractivity contribution in [1.29, 1.82) is 0 Å². The molecule has 2 aromatic rings. The summed E-state index contributed by atoms with van der Waals surface area (Å²) in [6.07, 6.45) is 1.11. The lowest BCUT2D eigenvalue weighted by Crippen LogP contribution is -2.46. The van der Waals surface area contributed by atoms with Crippen LogP contribution in [0.5, 0.6) is 11.5 Å². The van der Waals surface area contributed by atoms with Gasteiger partial charge in [-0.1, -0.05) is 42.5 Å². The van der Waals surface area contributed by atoms with Crippen LogP contribution in [-0.4, -0.2) is 38.3 Å². The van der Waals surface area contributed by atoms with E-state index in [2.05, 4.69) is 46.0 Å². The largest absolute Gasteiger partial charge is 0.486 e. The Labute approximate surface area is 171 Å². The van der Waals surface area contributed by atoms with Gasteiger partial charge in [-0.2, -0.15) is 0 Å². The Balaban J connectivity index is 0.00000196. The molecule has 0 aromatic heterocycles. The molecule has 3 atom stereocenters. The third-order valence-corrected chi connectivity index (χ3v) is 4.63. The first-order valence-electron chi connectivity index (χ1n) is 8.74. The fourth-order valence-electron chi connectivity index (χ4n) is 3.17. The average Bonchev–Trinajstić information content (AvgIpc) is 3.45. The number of fused-ring (bicyclic) bond motifs is 1. The molecule has 2 aromatic carbocycles. The maximum atomic E-state index is 5.97. The molecule has 3 unspecified atom stereocenters. The van der Waals surface area contributed by atoms with Gasteiger partial charge in [-0.3, -0.25) is 4.99 Å². The SMILES string of the molecule is CN=C(NCC1COc2ccccc2O1)NC1CC1c1ccccc1.I. The minimum absolute atomic E-state index is 0. The summed E-state index contributed by atoms with van der Waals surface area (Å²) < 4.78 is 11.7. The van der Waals surface area contributed by atoms with Gasteiger partial charge in [0.25, 0.3) is 0 Å². The Bertz CT molecular complexity index is 754. The van der Waals surface area contributed by atoms with Gasteiger partial charge in [0.1, 0.15) is 12.7 Å². The minimum atomic E-state index is -0.0300. The molecule has 2 aliphatic rings. The van der Waals surface area contributed by atoms with E-state index in [9.17, 15) is 0 Å². The summed E-state index contributed by atoms with van der Waals surface area (Å²) in [6, 6.07) is 18.8. The molecule has 0 bridgehead atoms. The zero-order valence-electron chi connectivity index (χ0n) is 14.7. The second-order valence-corrected chi connectivity index (χ2v) is 6.45. The maximum Gasteiger partial charge on any atom is 0.191 e. The van der Waals surface area contributed by atoms with E-state index in [4.69, 9.17) is 9.47 Å². The Morgan fingerprint density at radius 3 is 2.58 bits per heavy atom. The second-order valence-electron chi connectivity index (χ2n) is 6.45. The number of halogens is 1. The molecule has 1 aliphatic heterocycles. The van der Waals surface area contributed by atoms with Crippen molar-refractivity contribution in [3.05, 3.63) is 60.2 Å². The molecule has 2 N–H and O–H groups in total. The number of benzene rings is 2. The average molecular weight is 465 g/mol. The number of guanidine groups is 1. The third-order valence-electron chi connectivity index (χ3n) is 4.63. The smallest absolute Gasteiger partial charge is 0.191 e. The third kappa shape index (κ3) is 4.41. The molecule has 6 heteroatoms. The quantitative estimate of drug-likeness (QED) is 0.414. The molecule has 0 radical (unpaired) electrons. The number of hydrogen-bond acceptors (Lipinski definition) is 3. The fourth-order valence-corrected chi connectivity index (χ4v) is 3.17. The first-order valence-corrected chi connectivity index (χ1v) is 8.74. The van der Waals surface area contributed by atoms with Crippen LogP contribution in [-0.2, 0) is 0 Å². The van der Waals surface area contributed by atoms with Gasteiger partial charge in [0.2, 0.25) is 0 Å². The van der Waals surface area contributed by atoms with E-state index in [1.54, 1.807) is 7.05 Å². The van der Waals surface area contributed by atoms with Gasteiger partial charge >= 0.3 is 0 Å². The number of ether oxygens (including phenoxy) is 2. The van der Waals surface area contributed by atoms with Crippen molar-refractivity contribution in [2.24, 2.45) is 4.99 Å². The molecule has 5 nitrogen and oxygen atoms in total. The number of hydrogen-bond donors (Lipinski definition) is 2. The summed E-state index contributed by atoms with van der Waals surface area (Å²) in [7, 11) is 1.79. The predicted octanol–water partition coefficient (Wildman–Crippen LogP) is 3.17. The zero-order chi connectivity index (χ0) is 17.1. The van der Waals surface area contributed by atoms with Gasteiger partial charge in [-0.15, -0.1) is 24.0 Å². The van der Waals surface area contributed by atoms with Crippen molar-refractivity contribution in [3.8, 4) is 11.5 Å². The lowest BCUT2D eigenvalue weighted by molar-refractivity contribution is 0.0936. The number of para-hydroxylation sites is 2. The van der Waals surface area contributed by atoms with Crippen LogP contribution in [0.15, 0.2) is 59.6 Å². The summed E-state index contributed by atoms with van der Waals surface area (Å²) >= 11 is 0. The highest BCUT2D eigenvalue weighted by molar-refractivity contribution is 14.0. The lowest BCUT2D eigenvalue weighted by atomic mass is 10.1. The van der Waals surface area contributed by atoms with E-state index in [0.29, 0.717) is 25.1 Å². The zero-order valence-corrected chi connectivity index (χ0v) is 17.1. The van der Waals surface area contributed by atoms with Crippen LogP contribution in [0, 0.1) is 0 Å². The van der Waals surface area contributed by atoms with Crippen LogP contribution < -0.4 is 20.1 Å². The van der Waals surface area contributed by atoms with Gasteiger partial charge in [0, 0.05) is 19.0 Å². The van der Waals surface area contributed by atoms with Crippen molar-refractivity contribution >= 4 is 29.9 Å². The second kappa shape index (κ2) is 8.62. The molecule has 4 rings (SSSR count). The molecule has 1 fully saturated rings. The van der Waals surface area contributed by atoms with E-state index in [0.717, 1.165) is 23.9 Å². The monoisotopic (exact) mass is 465 g/mol. The number of nitrogens with one attached hydrogen (secondary N) is 2. The summed E-state index contributed by atoms with van der Waals surface area (Å²) in [5, 5.41) is 6.84. The van der Waals surface area contributed by atoms with Crippen molar-refractivity contribution in [1.82, 2.24) is 10.6 Å². The van der Waals surface area contributed by atoms with Crippen LogP contribution in [0.1, 0.15) is 17.9 Å². The highest BCUT2D eigenvalue weighted by atomic mass is 127. The molecule has 1 saturated carbocycles. The van der Waals surface area contributed by atoms with Crippen molar-refractivity contribution in [3.63, 3.8) is 0 Å². The number of aliphatic imine (C=N–C) groups is 1. The summed E-state index contributed by atoms with van der Waals surface area (Å²) in [4.78, 5) is 4.32. The van der Waals surface area contributed by atoms with Crippen LogP contribution in [0.25, 0.3) is 0 Å². The lowest BCUT2D eigenvalue weighted by Gasteiger charge is -2.27. The molecular formula is C20H24IN3O2. The van der Waals surface area contributed by atoms with E-state index < -0.39 is 0 Å². The molecule has 0 amide bonds. The van der Waals surface area contributed by atoms with Gasteiger partial charge < -0.3 is 20.1 Å². The van der Waals surface area contributed by atoms with E-state index >= 15 is 0 Å². The van der Waals surface area contributed by atoms with E-state index in [-0.39, 0.29) is 30.1 Å². The molecule has 1 aliphatic carbocycles. The van der Waals surface area contributed by atoms with Gasteiger partial charge in [-0.05, 0) is 24.1 Å². The van der Waals surface area contributed by atoms with E-state index in [1.807, 2.05) is 24.3 Å². The van der Waals surface area contributed by atoms with Crippen LogP contribution in [0.2, 0.25) is 0 Å². The van der Waals surface area contributed by atoms with Crippen molar-refractivity contribution < 1.29 is 9.47 Å². The topological polar surface area (TPSA) is 54.9 Å². The van der Waals surface area contributed by atoms with Gasteiger partial charge in [-0.25, -0.2) is 0 Å². The molecule has 26 heavy (non-hydrogen) atoms. The van der Waals surface area contributed by atoms with Gasteiger partial charge in [0.05, 0.1) is 6.54 Å². The Hall–Kier alpha value is -1.96. The van der Waals surface area contributed by atoms with Crippen molar-refractivity contribution in [2.75, 3.05) is 20.2 Å². The van der Waals surface area contributed by atoms with E-state index in [1.165, 1.54) is 5.56 Å². The molecule has 0 spiro atoms. The molecule has 138 valence electrons. The Kier molecular flexibility index (Phi) is 6.24. The molecular weight excluding hydrogens is 441 g/mol. The molecule has 1 heterocycles. The Morgan fingerprint density at radius 2 is 1.81 bits per heavy atom. The first-order chi connectivity index (χ1) is 12.3. The predicted molar refractivity (Wildman–Crippen MR) is 114 cm³/mol. The summed E-state index contributed by atoms with van der Waals surface area (Å²) in [6.45, 7) is 1.19. The van der Waals surface area contributed by atoms with Crippen LogP contribution in [0.3, 0.4) is 0 Å². The van der Waals surface area contributed by atoms with Crippen LogP contribution >= 0.6 is 24.0 Å². The maximum absolute atomic E-state index is 5.97. The summed E-state index contributed by atoms with van der Waals surface area (Å²) in [5.41, 5.74) is 1.39. The standard InChI is InChI=1S/C20H23N3O2.HI/c1-21-20(23-17-11-16(17)14-7-3-2-4-8-14)22-12-15-13-24-18-9-5-6-10-19(18)25-15;/h2-10,15-17H,11-13H2,1H3,(H2,21,22,23);1H. The first kappa shape index (κ1) is 18.8. The van der Waals surface area contributed by atoms with Crippen LogP contribution in [0.4, 0.5) is 0 Å². The van der Waals surface area contributed by atoms with Crippen molar-refractivity contribution in [2.45, 2.75) is 24.5 Å². The number of rotatable bonds is 4. The minimum Gasteiger partial charge on any atom is -0.486 e. The van der Waals surface area contributed by atoms with Gasteiger partial charge in [0.15, 0.2) is 17.5 Å². The Morgan fingerprint density at radius 1 is 1.08 bits per heavy atom.